The molecule has 35 heavy (non-hydrogen) atoms. The molecule has 0 amide bonds. The molecule has 182 valence electrons. The van der Waals surface area contributed by atoms with Crippen molar-refractivity contribution in [3.8, 4) is 34.1 Å². The highest BCUT2D eigenvalue weighted by atomic mass is 19.1. The summed E-state index contributed by atoms with van der Waals surface area (Å²) in [5.74, 6) is 1.88. The van der Waals surface area contributed by atoms with Crippen LogP contribution in [0.4, 0.5) is 4.39 Å². The molecule has 0 saturated heterocycles. The quantitative estimate of drug-likeness (QED) is 0.421. The van der Waals surface area contributed by atoms with Gasteiger partial charge in [-0.3, -0.25) is 0 Å². The molecule has 1 aliphatic rings. The van der Waals surface area contributed by atoms with E-state index in [1.165, 1.54) is 12.1 Å². The lowest BCUT2D eigenvalue weighted by Gasteiger charge is -2.45. The maximum atomic E-state index is 13.5. The lowest BCUT2D eigenvalue weighted by Crippen LogP contribution is -2.58. The number of aromatic nitrogens is 4. The van der Waals surface area contributed by atoms with Gasteiger partial charge in [0.25, 0.3) is 0 Å². The number of benzene rings is 2. The Bertz CT molecular complexity index is 1360. The molecule has 3 heterocycles. The molecule has 0 bridgehead atoms. The van der Waals surface area contributed by atoms with E-state index in [2.05, 4.69) is 15.3 Å². The van der Waals surface area contributed by atoms with Gasteiger partial charge in [-0.2, -0.15) is 0 Å². The molecule has 2 aromatic heterocycles. The second-order valence-corrected chi connectivity index (χ2v) is 9.21. The summed E-state index contributed by atoms with van der Waals surface area (Å²) in [6.07, 6.45) is 3.63. The molecule has 5 rings (SSSR count). The zero-order chi connectivity index (χ0) is 24.8. The SMILES string of the molecule is COc1cc(-c2nnn3c2CCCC3(Oc2ccc(F)cc2)C(C)(C)O)ccc1-c1cnc(C)o1. The third kappa shape index (κ3) is 3.95. The molecular weight excluding hydrogens is 451 g/mol. The van der Waals surface area contributed by atoms with E-state index in [4.69, 9.17) is 13.9 Å². The monoisotopic (exact) mass is 478 g/mol. The van der Waals surface area contributed by atoms with Gasteiger partial charge in [0, 0.05) is 18.9 Å². The van der Waals surface area contributed by atoms with Gasteiger partial charge in [0.15, 0.2) is 11.7 Å². The number of rotatable bonds is 6. The first-order chi connectivity index (χ1) is 16.7. The van der Waals surface area contributed by atoms with Crippen LogP contribution in [0.15, 0.2) is 53.1 Å². The first kappa shape index (κ1) is 23.0. The van der Waals surface area contributed by atoms with Crippen LogP contribution < -0.4 is 9.47 Å². The summed E-state index contributed by atoms with van der Waals surface area (Å²) in [6.45, 7) is 5.16. The lowest BCUT2D eigenvalue weighted by molar-refractivity contribution is -0.185. The second kappa shape index (κ2) is 8.49. The van der Waals surface area contributed by atoms with Gasteiger partial charge in [0.2, 0.25) is 5.72 Å². The van der Waals surface area contributed by atoms with Crippen LogP contribution in [0.1, 0.15) is 38.3 Å². The maximum absolute atomic E-state index is 13.5. The van der Waals surface area contributed by atoms with Crippen molar-refractivity contribution >= 4 is 0 Å². The van der Waals surface area contributed by atoms with Crippen molar-refractivity contribution in [1.82, 2.24) is 20.0 Å². The molecule has 9 heteroatoms. The fourth-order valence-corrected chi connectivity index (χ4v) is 4.65. The highest BCUT2D eigenvalue weighted by Crippen LogP contribution is 2.43. The van der Waals surface area contributed by atoms with E-state index in [-0.39, 0.29) is 5.82 Å². The average molecular weight is 479 g/mol. The fourth-order valence-electron chi connectivity index (χ4n) is 4.65. The Hall–Kier alpha value is -3.72. The van der Waals surface area contributed by atoms with Crippen LogP contribution >= 0.6 is 0 Å². The van der Waals surface area contributed by atoms with Gasteiger partial charge in [-0.05, 0) is 63.1 Å². The molecule has 0 aliphatic carbocycles. The predicted molar refractivity (Wildman–Crippen MR) is 126 cm³/mol. The highest BCUT2D eigenvalue weighted by Gasteiger charge is 2.52. The van der Waals surface area contributed by atoms with Crippen molar-refractivity contribution in [3.05, 3.63) is 66.1 Å². The summed E-state index contributed by atoms with van der Waals surface area (Å²) in [4.78, 5) is 4.17. The number of oxazole rings is 1. The smallest absolute Gasteiger partial charge is 0.231 e. The van der Waals surface area contributed by atoms with Gasteiger partial charge in [-0.1, -0.05) is 11.3 Å². The summed E-state index contributed by atoms with van der Waals surface area (Å²) in [5, 5.41) is 20.2. The van der Waals surface area contributed by atoms with Crippen molar-refractivity contribution in [2.75, 3.05) is 7.11 Å². The van der Waals surface area contributed by atoms with E-state index < -0.39 is 11.3 Å². The number of nitrogens with zero attached hydrogens (tertiary/aromatic N) is 4. The minimum atomic E-state index is -1.31. The van der Waals surface area contributed by atoms with Crippen LogP contribution in [-0.4, -0.2) is 37.8 Å². The summed E-state index contributed by atoms with van der Waals surface area (Å²) in [5.41, 5.74) is 0.586. The van der Waals surface area contributed by atoms with Crippen LogP contribution in [0.25, 0.3) is 22.6 Å². The summed E-state index contributed by atoms with van der Waals surface area (Å²) in [7, 11) is 1.60. The standard InChI is InChI=1S/C26H27FN4O4/c1-16-28-15-23(34-16)20-12-7-17(14-22(20)33-4)24-21-6-5-13-26(25(2,3)32,31(21)30-29-24)35-19-10-8-18(27)9-11-19/h7-12,14-15,32H,5-6,13H2,1-4H3. The minimum absolute atomic E-state index is 0.361. The molecule has 1 atom stereocenters. The molecule has 1 unspecified atom stereocenters. The molecule has 1 N–H and O–H groups in total. The van der Waals surface area contributed by atoms with Gasteiger partial charge in [0.05, 0.1) is 24.6 Å². The number of hydrogen-bond donors (Lipinski definition) is 1. The Labute approximate surface area is 202 Å². The van der Waals surface area contributed by atoms with Crippen molar-refractivity contribution in [1.29, 1.82) is 0 Å². The number of halogens is 1. The second-order valence-electron chi connectivity index (χ2n) is 9.21. The van der Waals surface area contributed by atoms with Gasteiger partial charge >= 0.3 is 0 Å². The van der Waals surface area contributed by atoms with E-state index in [1.54, 1.807) is 50.9 Å². The average Bonchev–Trinajstić information content (AvgIpc) is 3.46. The highest BCUT2D eigenvalue weighted by molar-refractivity contribution is 5.73. The first-order valence-electron chi connectivity index (χ1n) is 11.4. The van der Waals surface area contributed by atoms with Gasteiger partial charge < -0.3 is 19.0 Å². The molecule has 4 aromatic rings. The van der Waals surface area contributed by atoms with E-state index in [0.29, 0.717) is 41.7 Å². The third-order valence-electron chi connectivity index (χ3n) is 6.45. The predicted octanol–water partition coefficient (Wildman–Crippen LogP) is 4.90. The largest absolute Gasteiger partial charge is 0.496 e. The zero-order valence-electron chi connectivity index (χ0n) is 20.1. The molecule has 0 radical (unpaired) electrons. The van der Waals surface area contributed by atoms with E-state index in [1.807, 2.05) is 18.2 Å². The zero-order valence-corrected chi connectivity index (χ0v) is 20.1. The number of fused-ring (bicyclic) bond motifs is 1. The summed E-state index contributed by atoms with van der Waals surface area (Å²) < 4.78 is 32.8. The number of methoxy groups -OCH3 is 1. The third-order valence-corrected chi connectivity index (χ3v) is 6.45. The van der Waals surface area contributed by atoms with Crippen LogP contribution in [0.3, 0.4) is 0 Å². The molecule has 0 saturated carbocycles. The molecular formula is C26H27FN4O4. The van der Waals surface area contributed by atoms with E-state index in [9.17, 15) is 9.50 Å². The Morgan fingerprint density at radius 2 is 1.94 bits per heavy atom. The molecule has 1 aliphatic heterocycles. The number of aryl methyl sites for hydroxylation is 1. The van der Waals surface area contributed by atoms with Crippen LogP contribution in [-0.2, 0) is 12.1 Å². The van der Waals surface area contributed by atoms with Crippen LogP contribution in [0, 0.1) is 12.7 Å². The number of ether oxygens (including phenoxy) is 2. The Morgan fingerprint density at radius 3 is 2.60 bits per heavy atom. The molecule has 8 nitrogen and oxygen atoms in total. The van der Waals surface area contributed by atoms with Gasteiger partial charge in [0.1, 0.15) is 28.6 Å². The van der Waals surface area contributed by atoms with Crippen LogP contribution in [0.2, 0.25) is 0 Å². The summed E-state index contributed by atoms with van der Waals surface area (Å²) in [6, 6.07) is 11.5. The van der Waals surface area contributed by atoms with Crippen molar-refractivity contribution < 1.29 is 23.4 Å². The fraction of sp³-hybridized carbons (Fsp3) is 0.346. The van der Waals surface area contributed by atoms with Crippen molar-refractivity contribution in [2.45, 2.75) is 51.4 Å². The Morgan fingerprint density at radius 1 is 1.17 bits per heavy atom. The Balaban J connectivity index is 1.58. The van der Waals surface area contributed by atoms with Gasteiger partial charge in [-0.25, -0.2) is 14.1 Å². The Kier molecular flexibility index (Phi) is 5.59. The maximum Gasteiger partial charge on any atom is 0.231 e. The topological polar surface area (TPSA) is 95.4 Å². The molecule has 0 fully saturated rings. The van der Waals surface area contributed by atoms with Crippen molar-refractivity contribution in [3.63, 3.8) is 0 Å². The summed E-state index contributed by atoms with van der Waals surface area (Å²) >= 11 is 0. The molecule has 2 aromatic carbocycles. The minimum Gasteiger partial charge on any atom is -0.496 e. The number of hydrogen-bond acceptors (Lipinski definition) is 7. The van der Waals surface area contributed by atoms with E-state index in [0.717, 1.165) is 23.2 Å². The normalized spacial score (nSPS) is 17.8. The molecule has 0 spiro atoms. The first-order valence-corrected chi connectivity index (χ1v) is 11.4. The van der Waals surface area contributed by atoms with Crippen LogP contribution in [0.5, 0.6) is 11.5 Å². The lowest BCUT2D eigenvalue weighted by atomic mass is 9.85. The van der Waals surface area contributed by atoms with E-state index >= 15 is 0 Å². The van der Waals surface area contributed by atoms with Crippen molar-refractivity contribution in [2.24, 2.45) is 0 Å². The van der Waals surface area contributed by atoms with Gasteiger partial charge in [-0.15, -0.1) is 5.10 Å². The number of aliphatic hydroxyl groups is 1.